The summed E-state index contributed by atoms with van der Waals surface area (Å²) >= 11 is 6.11. The van der Waals surface area contributed by atoms with Crippen molar-refractivity contribution in [1.29, 1.82) is 0 Å². The predicted octanol–water partition coefficient (Wildman–Crippen LogP) is 2.30. The molecule has 0 aliphatic heterocycles. The van der Waals surface area contributed by atoms with Gasteiger partial charge in [-0.3, -0.25) is 9.78 Å². The summed E-state index contributed by atoms with van der Waals surface area (Å²) in [6.07, 6.45) is 4.99. The molecule has 23 heavy (non-hydrogen) atoms. The second-order valence-corrected chi connectivity index (χ2v) is 5.34. The summed E-state index contributed by atoms with van der Waals surface area (Å²) in [5.74, 6) is -0.278. The topological polar surface area (TPSA) is 72.7 Å². The van der Waals surface area contributed by atoms with Crippen molar-refractivity contribution in [2.75, 3.05) is 0 Å². The Morgan fingerprint density at radius 1 is 1.22 bits per heavy atom. The first-order chi connectivity index (χ1) is 11.2. The van der Waals surface area contributed by atoms with E-state index in [1.807, 2.05) is 36.4 Å². The molecule has 0 fully saturated rings. The van der Waals surface area contributed by atoms with Gasteiger partial charge in [-0.2, -0.15) is 0 Å². The molecule has 1 amide bonds. The highest BCUT2D eigenvalue weighted by Gasteiger charge is 2.11. The van der Waals surface area contributed by atoms with Gasteiger partial charge < -0.3 is 5.32 Å². The van der Waals surface area contributed by atoms with Crippen LogP contribution in [0, 0.1) is 0 Å². The molecule has 0 spiro atoms. The second kappa shape index (κ2) is 7.02. The van der Waals surface area contributed by atoms with Gasteiger partial charge in [-0.15, -0.1) is 5.10 Å². The van der Waals surface area contributed by atoms with E-state index in [2.05, 4.69) is 20.6 Å². The maximum absolute atomic E-state index is 12.1. The molecule has 2 aromatic heterocycles. The molecule has 116 valence electrons. The van der Waals surface area contributed by atoms with Crippen LogP contribution in [0.5, 0.6) is 0 Å². The first kappa shape index (κ1) is 15.2. The Kier molecular flexibility index (Phi) is 4.63. The van der Waals surface area contributed by atoms with Gasteiger partial charge in [0.15, 0.2) is 5.69 Å². The Morgan fingerprint density at radius 3 is 2.87 bits per heavy atom. The fraction of sp³-hybridized carbons (Fsp3) is 0.125. The van der Waals surface area contributed by atoms with E-state index in [0.717, 1.165) is 11.1 Å². The van der Waals surface area contributed by atoms with E-state index in [9.17, 15) is 4.79 Å². The number of hydrogen-bond donors (Lipinski definition) is 1. The summed E-state index contributed by atoms with van der Waals surface area (Å²) in [5, 5.41) is 11.3. The highest BCUT2D eigenvalue weighted by atomic mass is 35.5. The number of nitrogens with zero attached hydrogens (tertiary/aromatic N) is 4. The standard InChI is InChI=1S/C16H14ClN5O/c17-14-6-2-1-5-13(14)10-22-11-15(20-21-22)16(23)19-9-12-4-3-7-18-8-12/h1-8,11H,9-10H2,(H,19,23). The van der Waals surface area contributed by atoms with Crippen molar-refractivity contribution < 1.29 is 4.79 Å². The average molecular weight is 328 g/mol. The van der Waals surface area contributed by atoms with Crippen LogP contribution in [-0.2, 0) is 13.1 Å². The minimum Gasteiger partial charge on any atom is -0.346 e. The molecular weight excluding hydrogens is 314 g/mol. The SMILES string of the molecule is O=C(NCc1cccnc1)c1cn(Cc2ccccc2Cl)nn1. The van der Waals surface area contributed by atoms with E-state index in [-0.39, 0.29) is 11.6 Å². The Balaban J connectivity index is 1.62. The third-order valence-electron chi connectivity index (χ3n) is 3.24. The summed E-state index contributed by atoms with van der Waals surface area (Å²) in [7, 11) is 0. The normalized spacial score (nSPS) is 10.5. The summed E-state index contributed by atoms with van der Waals surface area (Å²) in [5.41, 5.74) is 2.10. The van der Waals surface area contributed by atoms with E-state index < -0.39 is 0 Å². The van der Waals surface area contributed by atoms with Crippen molar-refractivity contribution in [2.24, 2.45) is 0 Å². The van der Waals surface area contributed by atoms with Gasteiger partial charge in [0, 0.05) is 24.0 Å². The first-order valence-electron chi connectivity index (χ1n) is 7.03. The molecule has 0 bridgehead atoms. The molecule has 1 aromatic carbocycles. The van der Waals surface area contributed by atoms with Gasteiger partial charge in [-0.25, -0.2) is 4.68 Å². The number of aromatic nitrogens is 4. The molecule has 0 saturated heterocycles. The quantitative estimate of drug-likeness (QED) is 0.780. The highest BCUT2D eigenvalue weighted by Crippen LogP contribution is 2.15. The first-order valence-corrected chi connectivity index (χ1v) is 7.41. The summed E-state index contributed by atoms with van der Waals surface area (Å²) in [6.45, 7) is 0.854. The van der Waals surface area contributed by atoms with Gasteiger partial charge in [0.1, 0.15) is 0 Å². The minimum absolute atomic E-state index is 0.265. The smallest absolute Gasteiger partial charge is 0.273 e. The molecule has 0 atom stereocenters. The minimum atomic E-state index is -0.278. The fourth-order valence-corrected chi connectivity index (χ4v) is 2.25. The van der Waals surface area contributed by atoms with Gasteiger partial charge in [-0.1, -0.05) is 41.1 Å². The average Bonchev–Trinajstić information content (AvgIpc) is 3.04. The molecule has 6 nitrogen and oxygen atoms in total. The van der Waals surface area contributed by atoms with Crippen LogP contribution in [0.25, 0.3) is 0 Å². The number of nitrogens with one attached hydrogen (secondary N) is 1. The fourth-order valence-electron chi connectivity index (χ4n) is 2.06. The maximum atomic E-state index is 12.1. The van der Waals surface area contributed by atoms with Gasteiger partial charge in [0.25, 0.3) is 5.91 Å². The van der Waals surface area contributed by atoms with Gasteiger partial charge in [0.2, 0.25) is 0 Å². The Bertz CT molecular complexity index is 803. The molecule has 3 rings (SSSR count). The van der Waals surface area contributed by atoms with E-state index >= 15 is 0 Å². The summed E-state index contributed by atoms with van der Waals surface area (Å²) in [4.78, 5) is 16.1. The van der Waals surface area contributed by atoms with Crippen LogP contribution in [-0.4, -0.2) is 25.9 Å². The largest absolute Gasteiger partial charge is 0.346 e. The van der Waals surface area contributed by atoms with E-state index in [4.69, 9.17) is 11.6 Å². The number of benzene rings is 1. The maximum Gasteiger partial charge on any atom is 0.273 e. The third kappa shape index (κ3) is 3.92. The van der Waals surface area contributed by atoms with E-state index in [0.29, 0.717) is 18.1 Å². The van der Waals surface area contributed by atoms with Crippen LogP contribution in [0.2, 0.25) is 5.02 Å². The van der Waals surface area contributed by atoms with Crippen LogP contribution >= 0.6 is 11.6 Å². The number of hydrogen-bond acceptors (Lipinski definition) is 4. The monoisotopic (exact) mass is 327 g/mol. The number of carbonyl (C=O) groups is 1. The molecular formula is C16H14ClN5O. The molecule has 2 heterocycles. The number of carbonyl (C=O) groups excluding carboxylic acids is 1. The van der Waals surface area contributed by atoms with Gasteiger partial charge in [-0.05, 0) is 23.3 Å². The van der Waals surface area contributed by atoms with Crippen LogP contribution in [0.3, 0.4) is 0 Å². The lowest BCUT2D eigenvalue weighted by Crippen LogP contribution is -2.23. The zero-order valence-corrected chi connectivity index (χ0v) is 12.9. The van der Waals surface area contributed by atoms with Crippen LogP contribution in [0.1, 0.15) is 21.6 Å². The lowest BCUT2D eigenvalue weighted by atomic mass is 10.2. The van der Waals surface area contributed by atoms with Crippen LogP contribution in [0.4, 0.5) is 0 Å². The molecule has 1 N–H and O–H groups in total. The van der Waals surface area contributed by atoms with Crippen molar-refractivity contribution in [2.45, 2.75) is 13.1 Å². The molecule has 7 heteroatoms. The Labute approximate surface area is 138 Å². The van der Waals surface area contributed by atoms with E-state index in [1.54, 1.807) is 23.3 Å². The van der Waals surface area contributed by atoms with Crippen LogP contribution in [0.15, 0.2) is 55.0 Å². The predicted molar refractivity (Wildman–Crippen MR) is 86.0 cm³/mol. The Hall–Kier alpha value is -2.73. The number of pyridine rings is 1. The number of rotatable bonds is 5. The van der Waals surface area contributed by atoms with Crippen molar-refractivity contribution >= 4 is 17.5 Å². The Morgan fingerprint density at radius 2 is 2.09 bits per heavy atom. The lowest BCUT2D eigenvalue weighted by molar-refractivity contribution is 0.0946. The molecule has 0 aliphatic rings. The zero-order valence-electron chi connectivity index (χ0n) is 12.2. The summed E-state index contributed by atoms with van der Waals surface area (Å²) in [6, 6.07) is 11.2. The van der Waals surface area contributed by atoms with Gasteiger partial charge >= 0.3 is 0 Å². The molecule has 0 unspecified atom stereocenters. The van der Waals surface area contributed by atoms with Gasteiger partial charge in [0.05, 0.1) is 12.7 Å². The number of halogens is 1. The second-order valence-electron chi connectivity index (χ2n) is 4.94. The molecule has 0 saturated carbocycles. The van der Waals surface area contributed by atoms with Crippen molar-refractivity contribution in [1.82, 2.24) is 25.3 Å². The zero-order chi connectivity index (χ0) is 16.1. The third-order valence-corrected chi connectivity index (χ3v) is 3.61. The van der Waals surface area contributed by atoms with Crippen molar-refractivity contribution in [3.05, 3.63) is 76.8 Å². The van der Waals surface area contributed by atoms with E-state index in [1.165, 1.54) is 0 Å². The molecule has 3 aromatic rings. The van der Waals surface area contributed by atoms with Crippen LogP contribution < -0.4 is 5.32 Å². The number of amides is 1. The molecule has 0 aliphatic carbocycles. The van der Waals surface area contributed by atoms with Crippen molar-refractivity contribution in [3.63, 3.8) is 0 Å². The summed E-state index contributed by atoms with van der Waals surface area (Å²) < 4.78 is 1.58. The molecule has 0 radical (unpaired) electrons. The van der Waals surface area contributed by atoms with Crippen molar-refractivity contribution in [3.8, 4) is 0 Å². The highest BCUT2D eigenvalue weighted by molar-refractivity contribution is 6.31. The lowest BCUT2D eigenvalue weighted by Gasteiger charge is -2.03.